The lowest BCUT2D eigenvalue weighted by atomic mass is 10.0. The second kappa shape index (κ2) is 11.8. The van der Waals surface area contributed by atoms with Gasteiger partial charge in [-0.1, -0.05) is 44.2 Å². The summed E-state index contributed by atoms with van der Waals surface area (Å²) in [5, 5.41) is 0. The van der Waals surface area contributed by atoms with Crippen LogP contribution in [0.1, 0.15) is 38.3 Å². The van der Waals surface area contributed by atoms with E-state index in [-0.39, 0.29) is 30.9 Å². The van der Waals surface area contributed by atoms with Crippen molar-refractivity contribution in [2.75, 3.05) is 19.6 Å². The van der Waals surface area contributed by atoms with Crippen LogP contribution in [0, 0.1) is 0 Å². The summed E-state index contributed by atoms with van der Waals surface area (Å²) in [6.07, 6.45) is 2.25. The Morgan fingerprint density at radius 3 is 2.11 bits per heavy atom. The molecule has 0 aliphatic carbocycles. The SMILES string of the molecule is CCN(CC)CCCC(N)c1ccccc1.Cl.Cl. The van der Waals surface area contributed by atoms with Crippen LogP contribution in [-0.2, 0) is 0 Å². The Kier molecular flexibility index (Phi) is 13.1. The van der Waals surface area contributed by atoms with E-state index in [1.165, 1.54) is 12.0 Å². The first-order valence-electron chi connectivity index (χ1n) is 6.30. The van der Waals surface area contributed by atoms with Crippen LogP contribution >= 0.6 is 24.8 Å². The fourth-order valence-corrected chi connectivity index (χ4v) is 1.94. The van der Waals surface area contributed by atoms with Gasteiger partial charge in [0.15, 0.2) is 0 Å². The molecule has 2 nitrogen and oxygen atoms in total. The van der Waals surface area contributed by atoms with Crippen molar-refractivity contribution in [2.24, 2.45) is 5.73 Å². The van der Waals surface area contributed by atoms with Gasteiger partial charge >= 0.3 is 0 Å². The number of benzene rings is 1. The van der Waals surface area contributed by atoms with E-state index in [2.05, 4.69) is 43.0 Å². The minimum atomic E-state index is 0. The summed E-state index contributed by atoms with van der Waals surface area (Å²) in [6, 6.07) is 10.6. The monoisotopic (exact) mass is 292 g/mol. The average molecular weight is 293 g/mol. The molecule has 0 amide bonds. The molecule has 0 saturated carbocycles. The van der Waals surface area contributed by atoms with Crippen molar-refractivity contribution in [2.45, 2.75) is 32.7 Å². The summed E-state index contributed by atoms with van der Waals surface area (Å²) in [7, 11) is 0. The maximum absolute atomic E-state index is 6.15. The van der Waals surface area contributed by atoms with Gasteiger partial charge in [-0.2, -0.15) is 0 Å². The first kappa shape index (κ1) is 20.0. The van der Waals surface area contributed by atoms with Crippen molar-refractivity contribution in [1.29, 1.82) is 0 Å². The predicted molar refractivity (Wildman–Crippen MR) is 84.9 cm³/mol. The van der Waals surface area contributed by atoms with Crippen LogP contribution in [0.4, 0.5) is 0 Å². The summed E-state index contributed by atoms with van der Waals surface area (Å²) in [6.45, 7) is 7.85. The first-order valence-corrected chi connectivity index (χ1v) is 6.30. The summed E-state index contributed by atoms with van der Waals surface area (Å²) in [5.74, 6) is 0. The van der Waals surface area contributed by atoms with Crippen LogP contribution < -0.4 is 5.73 Å². The molecule has 1 aromatic carbocycles. The Bertz CT molecular complexity index is 276. The Labute approximate surface area is 124 Å². The van der Waals surface area contributed by atoms with Crippen LogP contribution in [0.25, 0.3) is 0 Å². The summed E-state index contributed by atoms with van der Waals surface area (Å²) >= 11 is 0. The van der Waals surface area contributed by atoms with Gasteiger partial charge in [0, 0.05) is 6.04 Å². The molecule has 0 aliphatic heterocycles. The van der Waals surface area contributed by atoms with Crippen molar-refractivity contribution < 1.29 is 0 Å². The molecule has 0 bridgehead atoms. The van der Waals surface area contributed by atoms with Gasteiger partial charge in [0.2, 0.25) is 0 Å². The van der Waals surface area contributed by atoms with E-state index in [0.717, 1.165) is 26.1 Å². The molecule has 106 valence electrons. The van der Waals surface area contributed by atoms with Gasteiger partial charge in [-0.05, 0) is 38.0 Å². The normalized spacial score (nSPS) is 11.6. The number of nitrogens with two attached hydrogens (primary N) is 1. The van der Waals surface area contributed by atoms with E-state index in [0.29, 0.717) is 0 Å². The summed E-state index contributed by atoms with van der Waals surface area (Å²) in [5.41, 5.74) is 7.40. The van der Waals surface area contributed by atoms with Crippen LogP contribution in [0.15, 0.2) is 30.3 Å². The van der Waals surface area contributed by atoms with Gasteiger partial charge in [-0.15, -0.1) is 24.8 Å². The molecule has 1 aromatic rings. The largest absolute Gasteiger partial charge is 0.324 e. The highest BCUT2D eigenvalue weighted by Crippen LogP contribution is 2.15. The quantitative estimate of drug-likeness (QED) is 0.831. The predicted octanol–water partition coefficient (Wildman–Crippen LogP) is 3.65. The van der Waals surface area contributed by atoms with Gasteiger partial charge in [-0.3, -0.25) is 0 Å². The molecule has 0 saturated heterocycles. The van der Waals surface area contributed by atoms with E-state index in [4.69, 9.17) is 5.73 Å². The smallest absolute Gasteiger partial charge is 0.0295 e. The highest BCUT2D eigenvalue weighted by atomic mass is 35.5. The summed E-state index contributed by atoms with van der Waals surface area (Å²) < 4.78 is 0. The molecule has 0 heterocycles. The lowest BCUT2D eigenvalue weighted by molar-refractivity contribution is 0.293. The second-order valence-corrected chi connectivity index (χ2v) is 4.19. The third kappa shape index (κ3) is 7.22. The van der Waals surface area contributed by atoms with Gasteiger partial charge in [0.25, 0.3) is 0 Å². The fraction of sp³-hybridized carbons (Fsp3) is 0.571. The molecule has 1 rings (SSSR count). The molecule has 18 heavy (non-hydrogen) atoms. The van der Waals surface area contributed by atoms with E-state index >= 15 is 0 Å². The molecule has 0 aliphatic rings. The molecule has 0 fully saturated rings. The lowest BCUT2D eigenvalue weighted by Crippen LogP contribution is -2.24. The van der Waals surface area contributed by atoms with Crippen molar-refractivity contribution in [1.82, 2.24) is 4.90 Å². The van der Waals surface area contributed by atoms with Crippen LogP contribution in [0.3, 0.4) is 0 Å². The average Bonchev–Trinajstić information content (AvgIpc) is 2.35. The molecule has 0 radical (unpaired) electrons. The number of rotatable bonds is 7. The number of hydrogen-bond acceptors (Lipinski definition) is 2. The van der Waals surface area contributed by atoms with E-state index in [1.807, 2.05) is 6.07 Å². The second-order valence-electron chi connectivity index (χ2n) is 4.19. The zero-order chi connectivity index (χ0) is 11.8. The highest BCUT2D eigenvalue weighted by molar-refractivity contribution is 5.85. The molecule has 4 heteroatoms. The molecule has 0 spiro atoms. The zero-order valence-electron chi connectivity index (χ0n) is 11.3. The van der Waals surface area contributed by atoms with Crippen molar-refractivity contribution in [3.63, 3.8) is 0 Å². The van der Waals surface area contributed by atoms with Gasteiger partial charge in [-0.25, -0.2) is 0 Å². The molecule has 1 unspecified atom stereocenters. The number of hydrogen-bond donors (Lipinski definition) is 1. The fourth-order valence-electron chi connectivity index (χ4n) is 1.94. The van der Waals surface area contributed by atoms with E-state index in [9.17, 15) is 0 Å². The summed E-state index contributed by atoms with van der Waals surface area (Å²) in [4.78, 5) is 2.44. The minimum absolute atomic E-state index is 0. The maximum atomic E-state index is 6.15. The molecule has 2 N–H and O–H groups in total. The van der Waals surface area contributed by atoms with Gasteiger partial charge in [0.05, 0.1) is 0 Å². The number of nitrogens with zero attached hydrogens (tertiary/aromatic N) is 1. The van der Waals surface area contributed by atoms with Crippen molar-refractivity contribution in [3.8, 4) is 0 Å². The van der Waals surface area contributed by atoms with Crippen molar-refractivity contribution in [3.05, 3.63) is 35.9 Å². The topological polar surface area (TPSA) is 29.3 Å². The Morgan fingerprint density at radius 1 is 1.06 bits per heavy atom. The van der Waals surface area contributed by atoms with Gasteiger partial charge < -0.3 is 10.6 Å². The van der Waals surface area contributed by atoms with Crippen LogP contribution in [0.2, 0.25) is 0 Å². The van der Waals surface area contributed by atoms with Crippen molar-refractivity contribution >= 4 is 24.8 Å². The maximum Gasteiger partial charge on any atom is 0.0295 e. The first-order chi connectivity index (χ1) is 7.77. The lowest BCUT2D eigenvalue weighted by Gasteiger charge is -2.19. The number of halogens is 2. The Hall–Kier alpha value is -0.280. The standard InChI is InChI=1S/C14H24N2.2ClH/c1-3-16(4-2)12-8-11-14(15)13-9-6-5-7-10-13;;/h5-7,9-10,14H,3-4,8,11-12,15H2,1-2H3;2*1H. The van der Waals surface area contributed by atoms with E-state index in [1.54, 1.807) is 0 Å². The minimum Gasteiger partial charge on any atom is -0.324 e. The van der Waals surface area contributed by atoms with E-state index < -0.39 is 0 Å². The molecular weight excluding hydrogens is 267 g/mol. The van der Waals surface area contributed by atoms with Crippen LogP contribution in [0.5, 0.6) is 0 Å². The third-order valence-electron chi connectivity index (χ3n) is 3.11. The Morgan fingerprint density at radius 2 is 1.61 bits per heavy atom. The molecular formula is C14H26Cl2N2. The third-order valence-corrected chi connectivity index (χ3v) is 3.11. The molecule has 0 aromatic heterocycles. The zero-order valence-corrected chi connectivity index (χ0v) is 13.0. The molecule has 1 atom stereocenters. The highest BCUT2D eigenvalue weighted by Gasteiger charge is 2.05. The van der Waals surface area contributed by atoms with Gasteiger partial charge in [0.1, 0.15) is 0 Å². The Balaban J connectivity index is 0. The van der Waals surface area contributed by atoms with Crippen LogP contribution in [-0.4, -0.2) is 24.5 Å².